The monoisotopic (exact) mass is 414 g/mol. The number of carboxylic acid groups (broad SMARTS) is 2. The fourth-order valence-electron chi connectivity index (χ4n) is 4.76. The molecule has 1 aromatic carbocycles. The second-order valence-electron chi connectivity index (χ2n) is 9.92. The van der Waals surface area contributed by atoms with Crippen LogP contribution in [-0.2, 0) is 22.4 Å². The standard InChI is InChI=1S/C26H38O4/c1-20-11-12-21(9-6-4-8-14-26(17-18-26)24(29)30)22(19-20)10-5-2-3-7-13-25(15-16-25)23(27)28/h11-12,19H,2-10,13-18H2,1H3,(H,27,28)(H,29,30). The van der Waals surface area contributed by atoms with E-state index in [2.05, 4.69) is 25.1 Å². The molecule has 2 fully saturated rings. The molecule has 2 saturated carbocycles. The largest absolute Gasteiger partial charge is 0.481 e. The van der Waals surface area contributed by atoms with E-state index in [0.717, 1.165) is 89.9 Å². The summed E-state index contributed by atoms with van der Waals surface area (Å²) in [5, 5.41) is 18.5. The van der Waals surface area contributed by atoms with Gasteiger partial charge in [-0.3, -0.25) is 9.59 Å². The van der Waals surface area contributed by atoms with Gasteiger partial charge in [-0.15, -0.1) is 0 Å². The van der Waals surface area contributed by atoms with Gasteiger partial charge >= 0.3 is 11.9 Å². The molecule has 0 amide bonds. The van der Waals surface area contributed by atoms with Crippen molar-refractivity contribution in [2.24, 2.45) is 10.8 Å². The van der Waals surface area contributed by atoms with Crippen LogP contribution in [0.5, 0.6) is 0 Å². The highest BCUT2D eigenvalue weighted by Gasteiger charge is 2.49. The van der Waals surface area contributed by atoms with E-state index in [1.165, 1.54) is 23.1 Å². The lowest BCUT2D eigenvalue weighted by molar-refractivity contribution is -0.144. The smallest absolute Gasteiger partial charge is 0.309 e. The molecule has 0 unspecified atom stereocenters. The molecule has 4 heteroatoms. The van der Waals surface area contributed by atoms with Crippen LogP contribution in [0.2, 0.25) is 0 Å². The Morgan fingerprint density at radius 3 is 1.70 bits per heavy atom. The van der Waals surface area contributed by atoms with Crippen molar-refractivity contribution in [2.45, 2.75) is 103 Å². The van der Waals surface area contributed by atoms with E-state index < -0.39 is 11.9 Å². The molecular formula is C26H38O4. The lowest BCUT2D eigenvalue weighted by atomic mass is 9.93. The predicted molar refractivity (Wildman–Crippen MR) is 119 cm³/mol. The van der Waals surface area contributed by atoms with E-state index in [9.17, 15) is 19.8 Å². The third-order valence-electron chi connectivity index (χ3n) is 7.43. The van der Waals surface area contributed by atoms with Crippen LogP contribution in [0.3, 0.4) is 0 Å². The van der Waals surface area contributed by atoms with Crippen LogP contribution in [-0.4, -0.2) is 22.2 Å². The van der Waals surface area contributed by atoms with Gasteiger partial charge in [-0.25, -0.2) is 0 Å². The van der Waals surface area contributed by atoms with Crippen molar-refractivity contribution in [3.8, 4) is 0 Å². The molecule has 2 N–H and O–H groups in total. The average molecular weight is 415 g/mol. The van der Waals surface area contributed by atoms with Crippen LogP contribution >= 0.6 is 0 Å². The second-order valence-corrected chi connectivity index (χ2v) is 9.92. The zero-order valence-electron chi connectivity index (χ0n) is 18.5. The molecule has 0 aliphatic heterocycles. The van der Waals surface area contributed by atoms with E-state index in [4.69, 9.17) is 0 Å². The first-order chi connectivity index (χ1) is 14.4. The molecule has 166 valence electrons. The first-order valence-corrected chi connectivity index (χ1v) is 11.9. The Labute approximate surface area is 181 Å². The number of benzene rings is 1. The summed E-state index contributed by atoms with van der Waals surface area (Å²) >= 11 is 0. The van der Waals surface area contributed by atoms with Crippen molar-refractivity contribution in [1.82, 2.24) is 0 Å². The summed E-state index contributed by atoms with van der Waals surface area (Å²) in [7, 11) is 0. The van der Waals surface area contributed by atoms with E-state index in [-0.39, 0.29) is 10.8 Å². The van der Waals surface area contributed by atoms with Crippen molar-refractivity contribution >= 4 is 11.9 Å². The summed E-state index contributed by atoms with van der Waals surface area (Å²) in [6.45, 7) is 2.15. The van der Waals surface area contributed by atoms with E-state index >= 15 is 0 Å². The second kappa shape index (κ2) is 9.98. The summed E-state index contributed by atoms with van der Waals surface area (Å²) in [5.41, 5.74) is 3.47. The maximum atomic E-state index is 11.3. The van der Waals surface area contributed by atoms with Crippen LogP contribution in [0.4, 0.5) is 0 Å². The van der Waals surface area contributed by atoms with Gasteiger partial charge in [0, 0.05) is 0 Å². The number of aryl methyl sites for hydroxylation is 3. The van der Waals surface area contributed by atoms with Gasteiger partial charge in [0.15, 0.2) is 0 Å². The minimum atomic E-state index is -0.599. The molecule has 0 heterocycles. The van der Waals surface area contributed by atoms with Gasteiger partial charge in [0.05, 0.1) is 10.8 Å². The average Bonchev–Trinajstić information content (AvgIpc) is 3.61. The summed E-state index contributed by atoms with van der Waals surface area (Å²) in [4.78, 5) is 22.5. The number of unbranched alkanes of at least 4 members (excludes halogenated alkanes) is 5. The van der Waals surface area contributed by atoms with Crippen molar-refractivity contribution in [2.75, 3.05) is 0 Å². The molecular weight excluding hydrogens is 376 g/mol. The zero-order chi connectivity index (χ0) is 21.6. The Morgan fingerprint density at radius 2 is 1.20 bits per heavy atom. The fourth-order valence-corrected chi connectivity index (χ4v) is 4.76. The Bertz CT molecular complexity index is 743. The van der Waals surface area contributed by atoms with Gasteiger partial charge in [-0.2, -0.15) is 0 Å². The molecule has 0 saturated heterocycles. The third-order valence-corrected chi connectivity index (χ3v) is 7.43. The van der Waals surface area contributed by atoms with Crippen LogP contribution in [0.1, 0.15) is 100 Å². The number of carbonyl (C=O) groups is 2. The molecule has 0 atom stereocenters. The van der Waals surface area contributed by atoms with E-state index in [1.807, 2.05) is 0 Å². The van der Waals surface area contributed by atoms with Crippen molar-refractivity contribution in [3.63, 3.8) is 0 Å². The van der Waals surface area contributed by atoms with Crippen LogP contribution in [0.25, 0.3) is 0 Å². The molecule has 30 heavy (non-hydrogen) atoms. The Balaban J connectivity index is 1.34. The van der Waals surface area contributed by atoms with Crippen molar-refractivity contribution < 1.29 is 19.8 Å². The molecule has 0 bridgehead atoms. The minimum absolute atomic E-state index is 0.368. The first-order valence-electron chi connectivity index (χ1n) is 11.9. The van der Waals surface area contributed by atoms with Gasteiger partial charge < -0.3 is 10.2 Å². The quantitative estimate of drug-likeness (QED) is 0.329. The van der Waals surface area contributed by atoms with Crippen molar-refractivity contribution in [3.05, 3.63) is 34.9 Å². The molecule has 0 spiro atoms. The fraction of sp³-hybridized carbons (Fsp3) is 0.692. The van der Waals surface area contributed by atoms with Gasteiger partial charge in [-0.05, 0) is 82.3 Å². The lowest BCUT2D eigenvalue weighted by Crippen LogP contribution is -2.14. The minimum Gasteiger partial charge on any atom is -0.481 e. The summed E-state index contributed by atoms with van der Waals surface area (Å²) in [6.07, 6.45) is 15.1. The van der Waals surface area contributed by atoms with Gasteiger partial charge in [0.25, 0.3) is 0 Å². The Hall–Kier alpha value is -1.84. The maximum absolute atomic E-state index is 11.3. The highest BCUT2D eigenvalue weighted by atomic mass is 16.4. The number of aliphatic carboxylic acids is 2. The SMILES string of the molecule is Cc1ccc(CCCCCC2(C(=O)O)CC2)c(CCCCCCC2(C(=O)O)CC2)c1. The van der Waals surface area contributed by atoms with Crippen LogP contribution in [0.15, 0.2) is 18.2 Å². The maximum Gasteiger partial charge on any atom is 0.309 e. The third kappa shape index (κ3) is 6.09. The van der Waals surface area contributed by atoms with Crippen LogP contribution < -0.4 is 0 Å². The Kier molecular flexibility index (Phi) is 7.60. The van der Waals surface area contributed by atoms with Gasteiger partial charge in [0.1, 0.15) is 0 Å². The number of hydrogen-bond donors (Lipinski definition) is 2. The molecule has 2 aliphatic rings. The molecule has 0 aromatic heterocycles. The van der Waals surface area contributed by atoms with E-state index in [1.54, 1.807) is 0 Å². The van der Waals surface area contributed by atoms with Gasteiger partial charge in [-0.1, -0.05) is 55.9 Å². The van der Waals surface area contributed by atoms with E-state index in [0.29, 0.717) is 0 Å². The van der Waals surface area contributed by atoms with Gasteiger partial charge in [0.2, 0.25) is 0 Å². The lowest BCUT2D eigenvalue weighted by Gasteiger charge is -2.12. The molecule has 1 aromatic rings. The highest BCUT2D eigenvalue weighted by Crippen LogP contribution is 2.50. The topological polar surface area (TPSA) is 74.6 Å². The summed E-state index contributed by atoms with van der Waals surface area (Å²) in [5.74, 6) is -1.19. The highest BCUT2D eigenvalue weighted by molar-refractivity contribution is 5.78. The predicted octanol–water partition coefficient (Wildman–Crippen LogP) is 6.32. The molecule has 4 nitrogen and oxygen atoms in total. The summed E-state index contributed by atoms with van der Waals surface area (Å²) in [6, 6.07) is 6.79. The normalized spacial score (nSPS) is 18.2. The van der Waals surface area contributed by atoms with Crippen molar-refractivity contribution in [1.29, 1.82) is 0 Å². The molecule has 2 aliphatic carbocycles. The number of rotatable bonds is 15. The zero-order valence-corrected chi connectivity index (χ0v) is 18.5. The summed E-state index contributed by atoms with van der Waals surface area (Å²) < 4.78 is 0. The first kappa shape index (κ1) is 22.8. The number of carboxylic acids is 2. The Morgan fingerprint density at radius 1 is 0.733 bits per heavy atom. The molecule has 3 rings (SSSR count). The van der Waals surface area contributed by atoms with Crippen LogP contribution in [0, 0.1) is 17.8 Å². The molecule has 0 radical (unpaired) electrons. The number of hydrogen-bond acceptors (Lipinski definition) is 2.